The Morgan fingerprint density at radius 1 is 1.32 bits per heavy atom. The summed E-state index contributed by atoms with van der Waals surface area (Å²) in [5.41, 5.74) is 3.66. The van der Waals surface area contributed by atoms with Crippen molar-refractivity contribution < 1.29 is 4.39 Å². The van der Waals surface area contributed by atoms with E-state index in [0.717, 1.165) is 17.9 Å². The molecule has 0 saturated carbocycles. The normalized spacial score (nSPS) is 12.7. The van der Waals surface area contributed by atoms with Gasteiger partial charge in [0.25, 0.3) is 0 Å². The van der Waals surface area contributed by atoms with Gasteiger partial charge in [0.2, 0.25) is 0 Å². The summed E-state index contributed by atoms with van der Waals surface area (Å²) in [5.74, 6) is 0.103. The van der Waals surface area contributed by atoms with Crippen molar-refractivity contribution in [3.8, 4) is 5.69 Å². The Morgan fingerprint density at radius 3 is 2.63 bits per heavy atom. The summed E-state index contributed by atoms with van der Waals surface area (Å²) in [7, 11) is 1.93. The summed E-state index contributed by atoms with van der Waals surface area (Å²) in [4.78, 5) is 0. The summed E-state index contributed by atoms with van der Waals surface area (Å²) in [6.07, 6.45) is 0. The van der Waals surface area contributed by atoms with Crippen LogP contribution < -0.4 is 5.32 Å². The van der Waals surface area contributed by atoms with Crippen molar-refractivity contribution in [3.63, 3.8) is 0 Å². The second-order valence-corrected chi connectivity index (χ2v) is 4.91. The molecule has 2 aromatic rings. The molecule has 1 unspecified atom stereocenters. The van der Waals surface area contributed by atoms with Crippen LogP contribution in [-0.4, -0.2) is 23.4 Å². The van der Waals surface area contributed by atoms with E-state index in [-0.39, 0.29) is 5.82 Å². The maximum atomic E-state index is 13.9. The highest BCUT2D eigenvalue weighted by Crippen LogP contribution is 2.25. The molecule has 4 heteroatoms. The minimum atomic E-state index is -0.249. The number of nitrogens with one attached hydrogen (secondary N) is 1. The lowest BCUT2D eigenvalue weighted by atomic mass is 9.99. The lowest BCUT2D eigenvalue weighted by molar-refractivity contribution is 0.607. The fraction of sp³-hybridized carbons (Fsp3) is 0.400. The molecule has 1 N–H and O–H groups in total. The molecule has 102 valence electrons. The van der Waals surface area contributed by atoms with Crippen molar-refractivity contribution in [3.05, 3.63) is 47.0 Å². The molecule has 3 nitrogen and oxygen atoms in total. The predicted octanol–water partition coefficient (Wildman–Crippen LogP) is 2.95. The zero-order chi connectivity index (χ0) is 14.0. The Balaban J connectivity index is 2.50. The van der Waals surface area contributed by atoms with Crippen molar-refractivity contribution in [1.82, 2.24) is 15.1 Å². The molecular formula is C15H20FN3. The van der Waals surface area contributed by atoms with E-state index in [4.69, 9.17) is 0 Å². The quantitative estimate of drug-likeness (QED) is 0.917. The van der Waals surface area contributed by atoms with Gasteiger partial charge in [0.05, 0.1) is 5.69 Å². The standard InChI is InChI=1S/C15H20FN3/c1-10(9-17-4)15-11(2)18-19(12(15)3)14-8-6-5-7-13(14)16/h5-8,10,17H,9H2,1-4H3. The average Bonchev–Trinajstić information content (AvgIpc) is 2.66. The van der Waals surface area contributed by atoms with Gasteiger partial charge in [0.15, 0.2) is 0 Å². The Bertz CT molecular complexity index is 575. The minimum Gasteiger partial charge on any atom is -0.319 e. The van der Waals surface area contributed by atoms with Crippen LogP contribution in [0.3, 0.4) is 0 Å². The van der Waals surface area contributed by atoms with Crippen molar-refractivity contribution in [2.75, 3.05) is 13.6 Å². The van der Waals surface area contributed by atoms with Crippen molar-refractivity contribution in [2.45, 2.75) is 26.7 Å². The van der Waals surface area contributed by atoms with E-state index in [1.165, 1.54) is 11.6 Å². The third-order valence-electron chi connectivity index (χ3n) is 3.43. The molecule has 0 fully saturated rings. The van der Waals surface area contributed by atoms with Crippen LogP contribution in [0.25, 0.3) is 5.69 Å². The van der Waals surface area contributed by atoms with Crippen LogP contribution in [0.4, 0.5) is 4.39 Å². The first-order valence-corrected chi connectivity index (χ1v) is 6.51. The molecule has 0 saturated heterocycles. The number of benzene rings is 1. The van der Waals surface area contributed by atoms with E-state index in [0.29, 0.717) is 11.6 Å². The maximum absolute atomic E-state index is 13.9. The molecule has 0 radical (unpaired) electrons. The average molecular weight is 261 g/mol. The number of halogens is 1. The van der Waals surface area contributed by atoms with Crippen LogP contribution in [0.2, 0.25) is 0 Å². The smallest absolute Gasteiger partial charge is 0.148 e. The van der Waals surface area contributed by atoms with Gasteiger partial charge in [-0.15, -0.1) is 0 Å². The molecule has 1 aromatic heterocycles. The number of nitrogens with zero attached hydrogens (tertiary/aromatic N) is 2. The number of rotatable bonds is 4. The highest BCUT2D eigenvalue weighted by atomic mass is 19.1. The monoisotopic (exact) mass is 261 g/mol. The molecule has 0 amide bonds. The zero-order valence-corrected chi connectivity index (χ0v) is 11.9. The third-order valence-corrected chi connectivity index (χ3v) is 3.43. The zero-order valence-electron chi connectivity index (χ0n) is 11.9. The number of para-hydroxylation sites is 1. The van der Waals surface area contributed by atoms with Crippen LogP contribution in [0.15, 0.2) is 24.3 Å². The van der Waals surface area contributed by atoms with Crippen LogP contribution in [0.1, 0.15) is 29.8 Å². The molecule has 1 atom stereocenters. The molecule has 0 aliphatic heterocycles. The van der Waals surface area contributed by atoms with E-state index in [1.54, 1.807) is 16.8 Å². The van der Waals surface area contributed by atoms with Gasteiger partial charge in [0, 0.05) is 17.8 Å². The van der Waals surface area contributed by atoms with Gasteiger partial charge in [0.1, 0.15) is 11.5 Å². The predicted molar refractivity (Wildman–Crippen MR) is 75.3 cm³/mol. The highest BCUT2D eigenvalue weighted by Gasteiger charge is 2.18. The second-order valence-electron chi connectivity index (χ2n) is 4.91. The van der Waals surface area contributed by atoms with Gasteiger partial charge in [-0.3, -0.25) is 0 Å². The molecule has 0 spiro atoms. The highest BCUT2D eigenvalue weighted by molar-refractivity contribution is 5.39. The number of aryl methyl sites for hydroxylation is 1. The molecule has 1 aromatic carbocycles. The third kappa shape index (κ3) is 2.54. The number of hydrogen-bond donors (Lipinski definition) is 1. The topological polar surface area (TPSA) is 29.9 Å². The van der Waals surface area contributed by atoms with E-state index in [9.17, 15) is 4.39 Å². The molecule has 2 rings (SSSR count). The first-order chi connectivity index (χ1) is 9.06. The number of aromatic nitrogens is 2. The first kappa shape index (κ1) is 13.7. The first-order valence-electron chi connectivity index (χ1n) is 6.51. The van der Waals surface area contributed by atoms with Gasteiger partial charge in [-0.25, -0.2) is 9.07 Å². The molecule has 0 aliphatic rings. The van der Waals surface area contributed by atoms with Gasteiger partial charge >= 0.3 is 0 Å². The Kier molecular flexibility index (Phi) is 4.00. The van der Waals surface area contributed by atoms with Crippen molar-refractivity contribution in [1.29, 1.82) is 0 Å². The van der Waals surface area contributed by atoms with Gasteiger partial charge in [-0.2, -0.15) is 5.10 Å². The van der Waals surface area contributed by atoms with E-state index in [2.05, 4.69) is 17.3 Å². The summed E-state index contributed by atoms with van der Waals surface area (Å²) < 4.78 is 15.6. The lowest BCUT2D eigenvalue weighted by Gasteiger charge is -2.12. The van der Waals surface area contributed by atoms with Crippen LogP contribution in [-0.2, 0) is 0 Å². The van der Waals surface area contributed by atoms with E-state index in [1.807, 2.05) is 27.0 Å². The van der Waals surface area contributed by atoms with Crippen LogP contribution >= 0.6 is 0 Å². The number of hydrogen-bond acceptors (Lipinski definition) is 2. The fourth-order valence-electron chi connectivity index (χ4n) is 2.63. The van der Waals surface area contributed by atoms with Crippen LogP contribution in [0, 0.1) is 19.7 Å². The maximum Gasteiger partial charge on any atom is 0.148 e. The molecule has 1 heterocycles. The Hall–Kier alpha value is -1.68. The lowest BCUT2D eigenvalue weighted by Crippen LogP contribution is -2.15. The molecule has 19 heavy (non-hydrogen) atoms. The van der Waals surface area contributed by atoms with Gasteiger partial charge in [-0.05, 0) is 38.9 Å². The fourth-order valence-corrected chi connectivity index (χ4v) is 2.63. The molecule has 0 bridgehead atoms. The molecule has 0 aliphatic carbocycles. The summed E-state index contributed by atoms with van der Waals surface area (Å²) in [5, 5.41) is 7.66. The summed E-state index contributed by atoms with van der Waals surface area (Å²) in [6.45, 7) is 7.00. The SMILES string of the molecule is CNCC(C)c1c(C)nn(-c2ccccc2F)c1C. The van der Waals surface area contributed by atoms with E-state index < -0.39 is 0 Å². The second kappa shape index (κ2) is 5.53. The largest absolute Gasteiger partial charge is 0.319 e. The Labute approximate surface area is 113 Å². The molecular weight excluding hydrogens is 241 g/mol. The van der Waals surface area contributed by atoms with Gasteiger partial charge < -0.3 is 5.32 Å². The van der Waals surface area contributed by atoms with Crippen molar-refractivity contribution in [2.24, 2.45) is 0 Å². The summed E-state index contributed by atoms with van der Waals surface area (Å²) in [6, 6.07) is 6.73. The van der Waals surface area contributed by atoms with Crippen LogP contribution in [0.5, 0.6) is 0 Å². The minimum absolute atomic E-state index is 0.249. The van der Waals surface area contributed by atoms with E-state index >= 15 is 0 Å². The number of likely N-dealkylation sites (N-methyl/N-ethyl adjacent to an activating group) is 1. The summed E-state index contributed by atoms with van der Waals surface area (Å²) >= 11 is 0. The Morgan fingerprint density at radius 2 is 2.00 bits per heavy atom. The van der Waals surface area contributed by atoms with Gasteiger partial charge in [-0.1, -0.05) is 19.1 Å². The van der Waals surface area contributed by atoms with Crippen molar-refractivity contribution >= 4 is 0 Å².